The van der Waals surface area contributed by atoms with E-state index in [1.54, 1.807) is 0 Å². The second-order valence-corrected chi connectivity index (χ2v) is 5.32. The van der Waals surface area contributed by atoms with E-state index in [9.17, 15) is 4.79 Å². The van der Waals surface area contributed by atoms with E-state index in [-0.39, 0.29) is 18.0 Å². The Balaban J connectivity index is 2.63. The predicted octanol–water partition coefficient (Wildman–Crippen LogP) is 2.87. The van der Waals surface area contributed by atoms with Gasteiger partial charge in [-0.2, -0.15) is 0 Å². The average molecular weight is 262 g/mol. The van der Waals surface area contributed by atoms with Crippen LogP contribution in [-0.4, -0.2) is 18.5 Å². The van der Waals surface area contributed by atoms with E-state index in [0.717, 1.165) is 13.0 Å². The molecule has 0 aliphatic rings. The number of hydrogen-bond donors (Lipinski definition) is 2. The second-order valence-electron chi connectivity index (χ2n) is 5.32. The van der Waals surface area contributed by atoms with Crippen molar-refractivity contribution in [3.63, 3.8) is 0 Å². The summed E-state index contributed by atoms with van der Waals surface area (Å²) < 4.78 is 0. The van der Waals surface area contributed by atoms with Gasteiger partial charge in [0.15, 0.2) is 0 Å². The first-order valence-corrected chi connectivity index (χ1v) is 7.06. The van der Waals surface area contributed by atoms with Gasteiger partial charge < -0.3 is 5.32 Å². The van der Waals surface area contributed by atoms with Gasteiger partial charge in [-0.25, -0.2) is 0 Å². The monoisotopic (exact) mass is 262 g/mol. The van der Waals surface area contributed by atoms with E-state index >= 15 is 0 Å². The molecular formula is C16H26N2O. The number of carbonyl (C=O) groups is 1. The minimum Gasteiger partial charge on any atom is -0.355 e. The first kappa shape index (κ1) is 15.7. The number of rotatable bonds is 6. The van der Waals surface area contributed by atoms with Crippen molar-refractivity contribution in [1.29, 1.82) is 0 Å². The summed E-state index contributed by atoms with van der Waals surface area (Å²) >= 11 is 0. The first-order chi connectivity index (χ1) is 8.93. The zero-order chi connectivity index (χ0) is 14.4. The Labute approximate surface area is 116 Å². The summed E-state index contributed by atoms with van der Waals surface area (Å²) in [7, 11) is 0. The molecule has 0 aromatic heterocycles. The van der Waals surface area contributed by atoms with Gasteiger partial charge in [0.1, 0.15) is 0 Å². The van der Waals surface area contributed by atoms with Gasteiger partial charge in [0, 0.05) is 12.6 Å². The molecule has 0 fully saturated rings. The van der Waals surface area contributed by atoms with E-state index in [1.807, 2.05) is 6.92 Å². The minimum absolute atomic E-state index is 0.0677. The van der Waals surface area contributed by atoms with Gasteiger partial charge in [0.2, 0.25) is 5.91 Å². The number of benzene rings is 1. The third-order valence-corrected chi connectivity index (χ3v) is 3.19. The Kier molecular flexibility index (Phi) is 6.03. The smallest absolute Gasteiger partial charge is 0.236 e. The molecule has 3 nitrogen and oxygen atoms in total. The molecular weight excluding hydrogens is 236 g/mol. The molecule has 1 rings (SSSR count). The van der Waals surface area contributed by atoms with Crippen LogP contribution >= 0.6 is 0 Å². The van der Waals surface area contributed by atoms with Crippen molar-refractivity contribution >= 4 is 5.91 Å². The van der Waals surface area contributed by atoms with E-state index in [4.69, 9.17) is 0 Å². The van der Waals surface area contributed by atoms with Crippen LogP contribution in [0.5, 0.6) is 0 Å². The molecule has 0 radical (unpaired) electrons. The summed E-state index contributed by atoms with van der Waals surface area (Å²) in [5, 5.41) is 6.26. The van der Waals surface area contributed by atoms with Crippen LogP contribution in [-0.2, 0) is 4.79 Å². The third kappa shape index (κ3) is 5.03. The van der Waals surface area contributed by atoms with Crippen LogP contribution in [0.4, 0.5) is 0 Å². The number of carbonyl (C=O) groups excluding carboxylic acids is 1. The summed E-state index contributed by atoms with van der Waals surface area (Å²) in [6, 6.07) is 6.49. The first-order valence-electron chi connectivity index (χ1n) is 7.06. The topological polar surface area (TPSA) is 41.1 Å². The average Bonchev–Trinajstić information content (AvgIpc) is 2.34. The van der Waals surface area contributed by atoms with E-state index < -0.39 is 0 Å². The van der Waals surface area contributed by atoms with Crippen LogP contribution < -0.4 is 10.6 Å². The van der Waals surface area contributed by atoms with Crippen molar-refractivity contribution in [1.82, 2.24) is 10.6 Å². The molecule has 0 bridgehead atoms. The van der Waals surface area contributed by atoms with Gasteiger partial charge in [-0.15, -0.1) is 0 Å². The van der Waals surface area contributed by atoms with Gasteiger partial charge in [-0.05, 0) is 39.7 Å². The molecule has 0 aliphatic carbocycles. The van der Waals surface area contributed by atoms with Gasteiger partial charge in [0.05, 0.1) is 6.04 Å². The number of hydrogen-bond acceptors (Lipinski definition) is 2. The van der Waals surface area contributed by atoms with Crippen LogP contribution in [0.25, 0.3) is 0 Å². The highest BCUT2D eigenvalue weighted by Crippen LogP contribution is 2.17. The third-order valence-electron chi connectivity index (χ3n) is 3.19. The Hall–Kier alpha value is -1.35. The van der Waals surface area contributed by atoms with Crippen molar-refractivity contribution in [2.24, 2.45) is 0 Å². The van der Waals surface area contributed by atoms with Gasteiger partial charge >= 0.3 is 0 Å². The summed E-state index contributed by atoms with van der Waals surface area (Å²) in [6.45, 7) is 11.0. The standard InChI is InChI=1S/C16H26N2O/c1-6-7-17-16(19)14(5)18-13(4)15-9-11(2)8-12(3)10-15/h8-10,13-14,18H,6-7H2,1-5H3,(H,17,19). The maximum atomic E-state index is 11.8. The Morgan fingerprint density at radius 1 is 1.16 bits per heavy atom. The molecule has 3 heteroatoms. The lowest BCUT2D eigenvalue weighted by Gasteiger charge is -2.20. The Morgan fingerprint density at radius 3 is 2.26 bits per heavy atom. The molecule has 106 valence electrons. The van der Waals surface area contributed by atoms with E-state index in [0.29, 0.717) is 0 Å². The molecule has 0 spiro atoms. The SMILES string of the molecule is CCCNC(=O)C(C)NC(C)c1cc(C)cc(C)c1. The molecule has 0 saturated carbocycles. The zero-order valence-corrected chi connectivity index (χ0v) is 12.7. The van der Waals surface area contributed by atoms with Crippen LogP contribution in [0.1, 0.15) is 49.9 Å². The number of amides is 1. The molecule has 1 aromatic rings. The largest absolute Gasteiger partial charge is 0.355 e. The molecule has 0 heterocycles. The minimum atomic E-state index is -0.178. The quantitative estimate of drug-likeness (QED) is 0.827. The maximum absolute atomic E-state index is 11.8. The van der Waals surface area contributed by atoms with Crippen LogP contribution in [0.3, 0.4) is 0 Å². The molecule has 2 atom stereocenters. The lowest BCUT2D eigenvalue weighted by Crippen LogP contribution is -2.43. The Morgan fingerprint density at radius 2 is 1.74 bits per heavy atom. The lowest BCUT2D eigenvalue weighted by atomic mass is 10.0. The van der Waals surface area contributed by atoms with E-state index in [1.165, 1.54) is 16.7 Å². The second kappa shape index (κ2) is 7.29. The fourth-order valence-electron chi connectivity index (χ4n) is 2.21. The normalized spacial score (nSPS) is 13.9. The van der Waals surface area contributed by atoms with Crippen LogP contribution in [0.15, 0.2) is 18.2 Å². The van der Waals surface area contributed by atoms with E-state index in [2.05, 4.69) is 56.5 Å². The maximum Gasteiger partial charge on any atom is 0.236 e. The van der Waals surface area contributed by atoms with Gasteiger partial charge in [-0.1, -0.05) is 36.2 Å². The molecule has 1 amide bonds. The Bertz CT molecular complexity index is 409. The fourth-order valence-corrected chi connectivity index (χ4v) is 2.21. The molecule has 0 aliphatic heterocycles. The molecule has 2 N–H and O–H groups in total. The summed E-state index contributed by atoms with van der Waals surface area (Å²) in [4.78, 5) is 11.8. The van der Waals surface area contributed by atoms with Crippen LogP contribution in [0, 0.1) is 13.8 Å². The highest BCUT2D eigenvalue weighted by atomic mass is 16.2. The molecule has 0 saturated heterocycles. The molecule has 2 unspecified atom stereocenters. The molecule has 1 aromatic carbocycles. The van der Waals surface area contributed by atoms with Crippen molar-refractivity contribution in [2.45, 2.75) is 53.1 Å². The van der Waals surface area contributed by atoms with Crippen molar-refractivity contribution in [3.8, 4) is 0 Å². The number of aryl methyl sites for hydroxylation is 2. The zero-order valence-electron chi connectivity index (χ0n) is 12.7. The lowest BCUT2D eigenvalue weighted by molar-refractivity contribution is -0.122. The summed E-state index contributed by atoms with van der Waals surface area (Å²) in [5.41, 5.74) is 3.74. The predicted molar refractivity (Wildman–Crippen MR) is 80.2 cm³/mol. The highest BCUT2D eigenvalue weighted by molar-refractivity contribution is 5.81. The van der Waals surface area contributed by atoms with Crippen LogP contribution in [0.2, 0.25) is 0 Å². The summed E-state index contributed by atoms with van der Waals surface area (Å²) in [6.07, 6.45) is 0.963. The van der Waals surface area contributed by atoms with Crippen molar-refractivity contribution < 1.29 is 4.79 Å². The van der Waals surface area contributed by atoms with Crippen molar-refractivity contribution in [3.05, 3.63) is 34.9 Å². The fraction of sp³-hybridized carbons (Fsp3) is 0.562. The molecule has 19 heavy (non-hydrogen) atoms. The van der Waals surface area contributed by atoms with Gasteiger partial charge in [-0.3, -0.25) is 10.1 Å². The number of nitrogens with one attached hydrogen (secondary N) is 2. The summed E-state index contributed by atoms with van der Waals surface area (Å²) in [5.74, 6) is 0.0677. The highest BCUT2D eigenvalue weighted by Gasteiger charge is 2.15. The van der Waals surface area contributed by atoms with Crippen molar-refractivity contribution in [2.75, 3.05) is 6.54 Å². The van der Waals surface area contributed by atoms with Gasteiger partial charge in [0.25, 0.3) is 0 Å².